The number of amides is 1. The molecule has 0 heterocycles. The Morgan fingerprint density at radius 1 is 1.02 bits per heavy atom. The first-order valence-electron chi connectivity index (χ1n) is 14.9. The highest BCUT2D eigenvalue weighted by atomic mass is 35.5. The van der Waals surface area contributed by atoms with E-state index in [9.17, 15) is 34.8 Å². The molecule has 11 heteroatoms. The molecule has 0 radical (unpaired) electrons. The number of rotatable bonds is 8. The van der Waals surface area contributed by atoms with Crippen molar-refractivity contribution in [1.82, 2.24) is 5.32 Å². The first-order chi connectivity index (χ1) is 21.9. The molecule has 6 rings (SSSR count). The van der Waals surface area contributed by atoms with Crippen molar-refractivity contribution in [2.75, 3.05) is 13.7 Å². The van der Waals surface area contributed by atoms with Crippen LogP contribution in [0.2, 0.25) is 5.02 Å². The molecule has 7 N–H and O–H groups in total. The molecule has 3 atom stereocenters. The van der Waals surface area contributed by atoms with E-state index >= 15 is 0 Å². The third-order valence-corrected chi connectivity index (χ3v) is 9.59. The van der Waals surface area contributed by atoms with E-state index in [1.807, 2.05) is 42.5 Å². The second-order valence-electron chi connectivity index (χ2n) is 12.0. The number of hydrogen-bond donors (Lipinski definition) is 6. The molecule has 10 nitrogen and oxygen atoms in total. The van der Waals surface area contributed by atoms with Crippen LogP contribution in [0, 0.1) is 11.8 Å². The highest BCUT2D eigenvalue weighted by Gasteiger charge is 2.60. The van der Waals surface area contributed by atoms with Crippen molar-refractivity contribution in [3.05, 3.63) is 98.8 Å². The Kier molecular flexibility index (Phi) is 8.14. The van der Waals surface area contributed by atoms with Gasteiger partial charge in [-0.1, -0.05) is 35.9 Å². The van der Waals surface area contributed by atoms with E-state index in [1.54, 1.807) is 13.2 Å². The Hall–Kier alpha value is -4.64. The van der Waals surface area contributed by atoms with E-state index in [0.717, 1.165) is 24.1 Å². The Morgan fingerprint density at radius 2 is 1.74 bits per heavy atom. The van der Waals surface area contributed by atoms with Crippen molar-refractivity contribution >= 4 is 34.8 Å². The number of methoxy groups -OCH3 is 1. The lowest BCUT2D eigenvalue weighted by Crippen LogP contribution is -2.58. The summed E-state index contributed by atoms with van der Waals surface area (Å²) in [6.45, 7) is 1.30. The summed E-state index contributed by atoms with van der Waals surface area (Å²) in [5.41, 5.74) is 5.76. The topological polar surface area (TPSA) is 179 Å². The summed E-state index contributed by atoms with van der Waals surface area (Å²) in [6, 6.07) is 16.6. The number of phenolic OH excluding ortho intramolecular Hbond substituents is 1. The van der Waals surface area contributed by atoms with E-state index in [1.165, 1.54) is 6.07 Å². The number of phenols is 1. The maximum absolute atomic E-state index is 13.8. The lowest BCUT2D eigenvalue weighted by atomic mass is 9.59. The average Bonchev–Trinajstić information content (AvgIpc) is 3.02. The van der Waals surface area contributed by atoms with Crippen LogP contribution in [-0.4, -0.2) is 57.2 Å². The molecule has 3 unspecified atom stereocenters. The Bertz CT molecular complexity index is 1850. The third-order valence-electron chi connectivity index (χ3n) is 9.33. The third kappa shape index (κ3) is 5.12. The SMILES string of the molecule is COc1ccc(CNCCc2ccc(Cl)cc2)cc1-c1ccc(O)c2c1CC1CC3CC(=O)C(C(N)=O)=C(O)C3(O)C(=O)C1=C2O. The number of ether oxygens (including phenoxy) is 1. The van der Waals surface area contributed by atoms with E-state index in [-0.39, 0.29) is 36.1 Å². The zero-order chi connectivity index (χ0) is 32.9. The number of hydrogen-bond acceptors (Lipinski definition) is 9. The molecule has 1 saturated carbocycles. The summed E-state index contributed by atoms with van der Waals surface area (Å²) in [5.74, 6) is -6.10. The smallest absolute Gasteiger partial charge is 0.255 e. The molecule has 238 valence electrons. The second-order valence-corrected chi connectivity index (χ2v) is 12.4. The largest absolute Gasteiger partial charge is 0.508 e. The zero-order valence-corrected chi connectivity index (χ0v) is 25.7. The van der Waals surface area contributed by atoms with Crippen LogP contribution in [-0.2, 0) is 33.8 Å². The minimum atomic E-state index is -2.61. The number of carbonyl (C=O) groups is 3. The van der Waals surface area contributed by atoms with Crippen LogP contribution in [0.15, 0.2) is 71.5 Å². The maximum Gasteiger partial charge on any atom is 0.255 e. The number of primary amides is 1. The van der Waals surface area contributed by atoms with Gasteiger partial charge in [0, 0.05) is 35.0 Å². The minimum absolute atomic E-state index is 0.0261. The fraction of sp³-hybridized carbons (Fsp3) is 0.286. The van der Waals surface area contributed by atoms with Gasteiger partial charge in [-0.2, -0.15) is 0 Å². The van der Waals surface area contributed by atoms with Gasteiger partial charge >= 0.3 is 0 Å². The number of fused-ring (bicyclic) bond motifs is 3. The van der Waals surface area contributed by atoms with Crippen LogP contribution >= 0.6 is 11.6 Å². The van der Waals surface area contributed by atoms with Crippen molar-refractivity contribution in [2.45, 2.75) is 37.8 Å². The summed E-state index contributed by atoms with van der Waals surface area (Å²) in [6.07, 6.45) is 0.673. The van der Waals surface area contributed by atoms with E-state index in [2.05, 4.69) is 5.32 Å². The number of nitrogens with two attached hydrogens (primary N) is 1. The van der Waals surface area contributed by atoms with Crippen LogP contribution in [0.1, 0.15) is 35.1 Å². The first-order valence-corrected chi connectivity index (χ1v) is 15.3. The van der Waals surface area contributed by atoms with Crippen LogP contribution < -0.4 is 15.8 Å². The Balaban J connectivity index is 1.35. The molecule has 1 fully saturated rings. The summed E-state index contributed by atoms with van der Waals surface area (Å²) < 4.78 is 5.69. The predicted molar refractivity (Wildman–Crippen MR) is 170 cm³/mol. The minimum Gasteiger partial charge on any atom is -0.508 e. The quantitative estimate of drug-likeness (QED) is 0.156. The van der Waals surface area contributed by atoms with Crippen molar-refractivity contribution < 1.29 is 39.5 Å². The summed E-state index contributed by atoms with van der Waals surface area (Å²) in [7, 11) is 1.55. The van der Waals surface area contributed by atoms with Gasteiger partial charge in [0.1, 0.15) is 28.6 Å². The molecule has 3 aromatic rings. The average molecular weight is 645 g/mol. The summed E-state index contributed by atoms with van der Waals surface area (Å²) in [5, 5.41) is 48.8. The van der Waals surface area contributed by atoms with Gasteiger partial charge in [0.2, 0.25) is 5.78 Å². The van der Waals surface area contributed by atoms with Gasteiger partial charge in [-0.15, -0.1) is 0 Å². The molecule has 1 amide bonds. The molecule has 3 aromatic carbocycles. The van der Waals surface area contributed by atoms with Gasteiger partial charge in [0.15, 0.2) is 11.4 Å². The number of benzene rings is 3. The van der Waals surface area contributed by atoms with Gasteiger partial charge in [0.05, 0.1) is 12.7 Å². The normalized spacial score (nSPS) is 22.3. The molecule has 0 saturated heterocycles. The van der Waals surface area contributed by atoms with Crippen LogP contribution in [0.5, 0.6) is 11.5 Å². The first kappa shape index (κ1) is 31.3. The monoisotopic (exact) mass is 644 g/mol. The summed E-state index contributed by atoms with van der Waals surface area (Å²) in [4.78, 5) is 38.4. The fourth-order valence-electron chi connectivity index (χ4n) is 7.07. The lowest BCUT2D eigenvalue weighted by molar-refractivity contribution is -0.147. The number of halogens is 1. The van der Waals surface area contributed by atoms with E-state index < -0.39 is 52.0 Å². The number of nitrogens with one attached hydrogen (secondary N) is 1. The highest BCUT2D eigenvalue weighted by Crippen LogP contribution is 2.53. The Labute approximate surface area is 269 Å². The lowest BCUT2D eigenvalue weighted by Gasteiger charge is -2.46. The van der Waals surface area contributed by atoms with Crippen molar-refractivity contribution in [2.24, 2.45) is 17.6 Å². The predicted octanol–water partition coefficient (Wildman–Crippen LogP) is 4.09. The molecular weight excluding hydrogens is 612 g/mol. The van der Waals surface area contributed by atoms with Crippen molar-refractivity contribution in [1.29, 1.82) is 0 Å². The zero-order valence-electron chi connectivity index (χ0n) is 25.0. The standard InChI is InChI=1S/C35H33ClN2O8/c1-46-27-9-4-18(16-38-11-10-17-2-5-21(36)6-3-17)12-23(27)22-7-8-25(39)29-24(22)14-19-13-20-15-26(40)30(34(37)44)33(43)35(20,45)32(42)28(19)31(29)41/h2-9,12,19-20,38-39,41,43,45H,10-11,13-16H2,1H3,(H2,37,44). The molecule has 0 aliphatic heterocycles. The fourth-order valence-corrected chi connectivity index (χ4v) is 7.19. The number of carbonyl (C=O) groups excluding carboxylic acids is 3. The van der Waals surface area contributed by atoms with Gasteiger partial charge in [-0.3, -0.25) is 14.4 Å². The molecule has 46 heavy (non-hydrogen) atoms. The van der Waals surface area contributed by atoms with Crippen LogP contribution in [0.3, 0.4) is 0 Å². The number of aromatic hydroxyl groups is 1. The molecule has 0 bridgehead atoms. The number of Topliss-reactive ketones (excluding diaryl/α,β-unsaturated/α-hetero) is 2. The van der Waals surface area contributed by atoms with Gasteiger partial charge in [-0.05, 0) is 84.3 Å². The summed E-state index contributed by atoms with van der Waals surface area (Å²) >= 11 is 5.98. The number of ketones is 2. The van der Waals surface area contributed by atoms with E-state index in [0.29, 0.717) is 34.0 Å². The van der Waals surface area contributed by atoms with Gasteiger partial charge in [0.25, 0.3) is 5.91 Å². The molecule has 0 spiro atoms. The van der Waals surface area contributed by atoms with Crippen molar-refractivity contribution in [3.63, 3.8) is 0 Å². The van der Waals surface area contributed by atoms with Gasteiger partial charge in [-0.25, -0.2) is 0 Å². The number of aliphatic hydroxyl groups excluding tert-OH is 2. The maximum atomic E-state index is 13.8. The van der Waals surface area contributed by atoms with Gasteiger partial charge < -0.3 is 36.2 Å². The second kappa shape index (κ2) is 11.9. The van der Waals surface area contributed by atoms with E-state index in [4.69, 9.17) is 22.1 Å². The highest BCUT2D eigenvalue weighted by molar-refractivity contribution is 6.30. The Morgan fingerprint density at radius 3 is 2.43 bits per heavy atom. The van der Waals surface area contributed by atoms with Crippen LogP contribution in [0.25, 0.3) is 16.9 Å². The van der Waals surface area contributed by atoms with Crippen molar-refractivity contribution in [3.8, 4) is 22.6 Å². The molecule has 0 aromatic heterocycles. The molecule has 3 aliphatic rings. The van der Waals surface area contributed by atoms with Crippen LogP contribution in [0.4, 0.5) is 0 Å². The molecular formula is C35H33ClN2O8. The number of aliphatic hydroxyl groups is 3. The molecule has 3 aliphatic carbocycles.